The van der Waals surface area contributed by atoms with Crippen LogP contribution in [0.3, 0.4) is 0 Å². The zero-order valence-electron chi connectivity index (χ0n) is 10.8. The summed E-state index contributed by atoms with van der Waals surface area (Å²) in [6.07, 6.45) is 2.53. The summed E-state index contributed by atoms with van der Waals surface area (Å²) in [4.78, 5) is 4.07. The molecule has 0 bridgehead atoms. The maximum absolute atomic E-state index is 10.3. The number of aliphatic hydroxyl groups excluding tert-OH is 1. The van der Waals surface area contributed by atoms with Crippen LogP contribution in [0.2, 0.25) is 0 Å². The predicted octanol–water partition coefficient (Wildman–Crippen LogP) is 2.77. The Hall–Kier alpha value is -1.81. The molecule has 0 amide bonds. The van der Waals surface area contributed by atoms with Crippen molar-refractivity contribution < 1.29 is 14.3 Å². The second-order valence-electron chi connectivity index (χ2n) is 4.16. The van der Waals surface area contributed by atoms with Crippen molar-refractivity contribution in [3.8, 4) is 5.75 Å². The van der Waals surface area contributed by atoms with Crippen LogP contribution in [0, 0.1) is 13.8 Å². The second-order valence-corrected chi connectivity index (χ2v) is 4.16. The molecule has 1 N–H and O–H groups in total. The smallest absolute Gasteiger partial charge is 0.137 e. The number of hydrogen-bond donors (Lipinski definition) is 1. The molecule has 4 heteroatoms. The van der Waals surface area contributed by atoms with Gasteiger partial charge < -0.3 is 14.3 Å². The number of ether oxygens (including phenoxy) is 1. The second kappa shape index (κ2) is 5.23. The fourth-order valence-electron chi connectivity index (χ4n) is 1.93. The average Bonchev–Trinajstić information content (AvgIpc) is 2.68. The van der Waals surface area contributed by atoms with Crippen LogP contribution in [0.15, 0.2) is 28.9 Å². The summed E-state index contributed by atoms with van der Waals surface area (Å²) in [6, 6.07) is 3.64. The highest BCUT2D eigenvalue weighted by Crippen LogP contribution is 2.28. The van der Waals surface area contributed by atoms with E-state index in [2.05, 4.69) is 4.98 Å². The van der Waals surface area contributed by atoms with E-state index in [1.165, 1.54) is 0 Å². The minimum Gasteiger partial charge on any atom is -0.492 e. The van der Waals surface area contributed by atoms with Gasteiger partial charge in [-0.1, -0.05) is 0 Å². The number of aryl methyl sites for hydroxylation is 2. The Morgan fingerprint density at radius 3 is 2.72 bits per heavy atom. The van der Waals surface area contributed by atoms with Crippen LogP contribution in [-0.2, 0) is 0 Å². The SMILES string of the molecule is CCOc1cncc(C(O)c2cc(C)oc2C)c1. The topological polar surface area (TPSA) is 55.5 Å². The lowest BCUT2D eigenvalue weighted by Gasteiger charge is -2.11. The third-order valence-electron chi connectivity index (χ3n) is 2.74. The monoisotopic (exact) mass is 247 g/mol. The quantitative estimate of drug-likeness (QED) is 0.902. The molecule has 0 aliphatic rings. The summed E-state index contributed by atoms with van der Waals surface area (Å²) in [7, 11) is 0. The van der Waals surface area contributed by atoms with E-state index in [1.807, 2.05) is 26.8 Å². The van der Waals surface area contributed by atoms with Crippen LogP contribution in [0.25, 0.3) is 0 Å². The van der Waals surface area contributed by atoms with Gasteiger partial charge in [-0.15, -0.1) is 0 Å². The number of pyridine rings is 1. The van der Waals surface area contributed by atoms with Gasteiger partial charge in [0.25, 0.3) is 0 Å². The van der Waals surface area contributed by atoms with Crippen LogP contribution in [0.4, 0.5) is 0 Å². The van der Waals surface area contributed by atoms with Gasteiger partial charge in [0, 0.05) is 17.3 Å². The van der Waals surface area contributed by atoms with E-state index in [1.54, 1.807) is 18.5 Å². The van der Waals surface area contributed by atoms with Crippen LogP contribution in [-0.4, -0.2) is 16.7 Å². The Balaban J connectivity index is 2.30. The molecule has 18 heavy (non-hydrogen) atoms. The van der Waals surface area contributed by atoms with Gasteiger partial charge in [-0.05, 0) is 32.9 Å². The molecule has 1 unspecified atom stereocenters. The molecule has 0 saturated heterocycles. The molecular weight excluding hydrogens is 230 g/mol. The summed E-state index contributed by atoms with van der Waals surface area (Å²) < 4.78 is 10.8. The number of nitrogens with zero attached hydrogens (tertiary/aromatic N) is 1. The van der Waals surface area contributed by atoms with Crippen molar-refractivity contribution in [2.45, 2.75) is 26.9 Å². The Morgan fingerprint density at radius 1 is 1.33 bits per heavy atom. The van der Waals surface area contributed by atoms with Crippen molar-refractivity contribution in [1.29, 1.82) is 0 Å². The normalized spacial score (nSPS) is 12.4. The highest BCUT2D eigenvalue weighted by molar-refractivity contribution is 5.34. The van der Waals surface area contributed by atoms with Crippen molar-refractivity contribution >= 4 is 0 Å². The summed E-state index contributed by atoms with van der Waals surface area (Å²) in [5.74, 6) is 2.17. The lowest BCUT2D eigenvalue weighted by Crippen LogP contribution is -2.02. The van der Waals surface area contributed by atoms with Gasteiger partial charge in [-0.2, -0.15) is 0 Å². The number of furan rings is 1. The maximum atomic E-state index is 10.3. The lowest BCUT2D eigenvalue weighted by atomic mass is 10.0. The minimum absolute atomic E-state index is 0.574. The molecule has 0 fully saturated rings. The van der Waals surface area contributed by atoms with Crippen molar-refractivity contribution in [1.82, 2.24) is 4.98 Å². The number of hydrogen-bond acceptors (Lipinski definition) is 4. The first-order chi connectivity index (χ1) is 8.61. The first-order valence-corrected chi connectivity index (χ1v) is 5.94. The van der Waals surface area contributed by atoms with Gasteiger partial charge in [0.15, 0.2) is 0 Å². The van der Waals surface area contributed by atoms with E-state index in [9.17, 15) is 5.11 Å². The molecule has 0 saturated carbocycles. The van der Waals surface area contributed by atoms with E-state index < -0.39 is 6.10 Å². The predicted molar refractivity (Wildman–Crippen MR) is 67.6 cm³/mol. The van der Waals surface area contributed by atoms with E-state index in [4.69, 9.17) is 9.15 Å². The Labute approximate surface area is 106 Å². The van der Waals surface area contributed by atoms with Crippen LogP contribution < -0.4 is 4.74 Å². The van der Waals surface area contributed by atoms with Crippen LogP contribution in [0.5, 0.6) is 5.75 Å². The number of rotatable bonds is 4. The van der Waals surface area contributed by atoms with Gasteiger partial charge >= 0.3 is 0 Å². The van der Waals surface area contributed by atoms with E-state index >= 15 is 0 Å². The highest BCUT2D eigenvalue weighted by Gasteiger charge is 2.17. The molecule has 2 heterocycles. The zero-order chi connectivity index (χ0) is 13.1. The van der Waals surface area contributed by atoms with E-state index in [0.717, 1.165) is 17.1 Å². The lowest BCUT2D eigenvalue weighted by molar-refractivity contribution is 0.216. The summed E-state index contributed by atoms with van der Waals surface area (Å²) in [6.45, 7) is 6.18. The van der Waals surface area contributed by atoms with Gasteiger partial charge in [0.1, 0.15) is 23.4 Å². The minimum atomic E-state index is -0.740. The third-order valence-corrected chi connectivity index (χ3v) is 2.74. The molecule has 2 aromatic rings. The van der Waals surface area contributed by atoms with Crippen molar-refractivity contribution in [2.75, 3.05) is 6.61 Å². The van der Waals surface area contributed by atoms with Gasteiger partial charge in [0.2, 0.25) is 0 Å². The molecule has 0 spiro atoms. The van der Waals surface area contributed by atoms with Crippen LogP contribution in [0.1, 0.15) is 35.7 Å². The van der Waals surface area contributed by atoms with Crippen molar-refractivity contribution in [3.63, 3.8) is 0 Å². The molecule has 0 aliphatic heterocycles. The zero-order valence-corrected chi connectivity index (χ0v) is 10.8. The molecule has 0 radical (unpaired) electrons. The largest absolute Gasteiger partial charge is 0.492 e. The molecule has 1 atom stereocenters. The summed E-state index contributed by atoms with van der Waals surface area (Å²) >= 11 is 0. The van der Waals surface area contributed by atoms with Crippen LogP contribution >= 0.6 is 0 Å². The summed E-state index contributed by atoms with van der Waals surface area (Å²) in [5, 5.41) is 10.3. The fraction of sp³-hybridized carbons (Fsp3) is 0.357. The fourth-order valence-corrected chi connectivity index (χ4v) is 1.93. The molecule has 2 rings (SSSR count). The van der Waals surface area contributed by atoms with Gasteiger partial charge in [-0.25, -0.2) is 0 Å². The Bertz CT molecular complexity index is 534. The molecule has 4 nitrogen and oxygen atoms in total. The molecular formula is C14H17NO3. The molecule has 96 valence electrons. The van der Waals surface area contributed by atoms with Crippen molar-refractivity contribution in [2.24, 2.45) is 0 Å². The van der Waals surface area contributed by atoms with Gasteiger partial charge in [-0.3, -0.25) is 4.98 Å². The highest BCUT2D eigenvalue weighted by atomic mass is 16.5. The van der Waals surface area contributed by atoms with Gasteiger partial charge in [0.05, 0.1) is 12.8 Å². The Kier molecular flexibility index (Phi) is 3.67. The molecule has 2 aromatic heterocycles. The first kappa shape index (κ1) is 12.6. The maximum Gasteiger partial charge on any atom is 0.137 e. The summed E-state index contributed by atoms with van der Waals surface area (Å²) in [5.41, 5.74) is 1.47. The molecule has 0 aromatic carbocycles. The first-order valence-electron chi connectivity index (χ1n) is 5.94. The molecule has 0 aliphatic carbocycles. The number of aromatic nitrogens is 1. The van der Waals surface area contributed by atoms with E-state index in [0.29, 0.717) is 17.9 Å². The average molecular weight is 247 g/mol. The third kappa shape index (κ3) is 2.54. The van der Waals surface area contributed by atoms with Crippen molar-refractivity contribution in [3.05, 3.63) is 47.2 Å². The number of aliphatic hydroxyl groups is 1. The Morgan fingerprint density at radius 2 is 2.11 bits per heavy atom. The standard InChI is InChI=1S/C14H17NO3/c1-4-17-12-6-11(7-15-8-12)14(16)13-5-9(2)18-10(13)3/h5-8,14,16H,4H2,1-3H3. The van der Waals surface area contributed by atoms with E-state index in [-0.39, 0.29) is 0 Å².